The van der Waals surface area contributed by atoms with Crippen LogP contribution in [-0.4, -0.2) is 26.1 Å². The van der Waals surface area contributed by atoms with Crippen LogP contribution >= 0.6 is 12.2 Å². The fourth-order valence-corrected chi connectivity index (χ4v) is 1.71. The Morgan fingerprint density at radius 2 is 2.44 bits per heavy atom. The smallest absolute Gasteiger partial charge is 0.216 e. The topological polar surface area (TPSA) is 58.9 Å². The predicted molar refractivity (Wildman–Crippen MR) is 73.3 cm³/mol. The Morgan fingerprint density at radius 1 is 1.56 bits per heavy atom. The average molecular weight is 261 g/mol. The van der Waals surface area contributed by atoms with Crippen molar-refractivity contribution in [3.8, 4) is 0 Å². The van der Waals surface area contributed by atoms with Gasteiger partial charge >= 0.3 is 0 Å². The quantitative estimate of drug-likeness (QED) is 0.664. The summed E-state index contributed by atoms with van der Waals surface area (Å²) >= 11 is 5.15. The first-order chi connectivity index (χ1) is 8.81. The first-order valence-corrected chi connectivity index (χ1v) is 6.32. The standard InChI is InChI=1S/C12H15N5S/c1-2-3-6-11-15-16-12(18)17(11)14-9-10-5-4-7-13-8-10/h4-5,7-9H,2-3,6H2,1H3,(H,16,18). The van der Waals surface area contributed by atoms with Gasteiger partial charge in [-0.25, -0.2) is 0 Å². The van der Waals surface area contributed by atoms with Gasteiger partial charge in [-0.15, -0.1) is 0 Å². The van der Waals surface area contributed by atoms with Crippen LogP contribution in [0.15, 0.2) is 29.6 Å². The molecule has 0 spiro atoms. The van der Waals surface area contributed by atoms with Crippen LogP contribution in [-0.2, 0) is 6.42 Å². The normalized spacial score (nSPS) is 11.2. The third kappa shape index (κ3) is 3.10. The summed E-state index contributed by atoms with van der Waals surface area (Å²) in [6, 6.07) is 3.81. The number of hydrogen-bond acceptors (Lipinski definition) is 4. The highest BCUT2D eigenvalue weighted by atomic mass is 32.1. The lowest BCUT2D eigenvalue weighted by Gasteiger charge is -1.99. The Morgan fingerprint density at radius 3 is 3.17 bits per heavy atom. The van der Waals surface area contributed by atoms with Crippen LogP contribution in [0.25, 0.3) is 0 Å². The predicted octanol–water partition coefficient (Wildman–Crippen LogP) is 2.56. The zero-order valence-electron chi connectivity index (χ0n) is 10.2. The number of nitrogens with one attached hydrogen (secondary N) is 1. The van der Waals surface area contributed by atoms with E-state index < -0.39 is 0 Å². The van der Waals surface area contributed by atoms with Gasteiger partial charge in [-0.05, 0) is 24.7 Å². The molecule has 0 saturated carbocycles. The molecular formula is C12H15N5S. The molecule has 6 heteroatoms. The molecule has 2 aromatic heterocycles. The maximum Gasteiger partial charge on any atom is 0.216 e. The number of H-pyrrole nitrogens is 1. The minimum Gasteiger partial charge on any atom is -0.264 e. The van der Waals surface area contributed by atoms with E-state index in [9.17, 15) is 0 Å². The molecule has 0 fully saturated rings. The highest BCUT2D eigenvalue weighted by molar-refractivity contribution is 7.71. The van der Waals surface area contributed by atoms with E-state index in [1.807, 2.05) is 12.1 Å². The van der Waals surface area contributed by atoms with E-state index in [1.54, 1.807) is 23.3 Å². The van der Waals surface area contributed by atoms with Crippen molar-refractivity contribution < 1.29 is 0 Å². The molecule has 0 aliphatic rings. The van der Waals surface area contributed by atoms with Gasteiger partial charge in [-0.2, -0.15) is 14.9 Å². The monoisotopic (exact) mass is 261 g/mol. The van der Waals surface area contributed by atoms with Crippen LogP contribution in [0.4, 0.5) is 0 Å². The largest absolute Gasteiger partial charge is 0.264 e. The summed E-state index contributed by atoms with van der Waals surface area (Å²) < 4.78 is 2.18. The highest BCUT2D eigenvalue weighted by Crippen LogP contribution is 2.03. The molecule has 0 bridgehead atoms. The maximum atomic E-state index is 5.15. The van der Waals surface area contributed by atoms with Gasteiger partial charge in [-0.1, -0.05) is 19.4 Å². The molecule has 0 aliphatic heterocycles. The Bertz CT molecular complexity index is 570. The van der Waals surface area contributed by atoms with Gasteiger partial charge in [-0.3, -0.25) is 10.1 Å². The van der Waals surface area contributed by atoms with E-state index in [2.05, 4.69) is 27.2 Å². The Kier molecular flexibility index (Phi) is 4.35. The zero-order valence-corrected chi connectivity index (χ0v) is 11.0. The summed E-state index contributed by atoms with van der Waals surface area (Å²) in [5.74, 6) is 0.863. The molecule has 18 heavy (non-hydrogen) atoms. The molecule has 2 heterocycles. The minimum atomic E-state index is 0.515. The van der Waals surface area contributed by atoms with Crippen molar-refractivity contribution in [2.75, 3.05) is 0 Å². The van der Waals surface area contributed by atoms with Crippen LogP contribution in [0.5, 0.6) is 0 Å². The highest BCUT2D eigenvalue weighted by Gasteiger charge is 2.03. The summed E-state index contributed by atoms with van der Waals surface area (Å²) in [6.07, 6.45) is 8.27. The minimum absolute atomic E-state index is 0.515. The van der Waals surface area contributed by atoms with E-state index in [-0.39, 0.29) is 0 Å². The van der Waals surface area contributed by atoms with Crippen molar-refractivity contribution in [1.29, 1.82) is 0 Å². The molecule has 0 aliphatic carbocycles. The molecular weight excluding hydrogens is 246 g/mol. The molecule has 0 unspecified atom stereocenters. The summed E-state index contributed by atoms with van der Waals surface area (Å²) in [4.78, 5) is 4.03. The number of pyridine rings is 1. The maximum absolute atomic E-state index is 5.15. The Labute approximate surface area is 111 Å². The van der Waals surface area contributed by atoms with Crippen molar-refractivity contribution in [3.05, 3.63) is 40.7 Å². The first-order valence-electron chi connectivity index (χ1n) is 5.92. The number of aromatic amines is 1. The van der Waals surface area contributed by atoms with Crippen LogP contribution in [0.1, 0.15) is 31.2 Å². The van der Waals surface area contributed by atoms with E-state index in [0.29, 0.717) is 4.77 Å². The molecule has 2 rings (SSSR count). The third-order valence-electron chi connectivity index (χ3n) is 2.48. The van der Waals surface area contributed by atoms with Gasteiger partial charge in [0.1, 0.15) is 0 Å². The number of hydrogen-bond donors (Lipinski definition) is 1. The van der Waals surface area contributed by atoms with E-state index in [4.69, 9.17) is 12.2 Å². The van der Waals surface area contributed by atoms with E-state index >= 15 is 0 Å². The van der Waals surface area contributed by atoms with Crippen LogP contribution < -0.4 is 0 Å². The van der Waals surface area contributed by atoms with Gasteiger partial charge in [0.2, 0.25) is 4.77 Å². The molecule has 0 saturated heterocycles. The van der Waals surface area contributed by atoms with Crippen molar-refractivity contribution in [1.82, 2.24) is 19.9 Å². The summed E-state index contributed by atoms with van der Waals surface area (Å²) in [7, 11) is 0. The van der Waals surface area contributed by atoms with Crippen molar-refractivity contribution in [2.45, 2.75) is 26.2 Å². The van der Waals surface area contributed by atoms with Crippen LogP contribution in [0.3, 0.4) is 0 Å². The van der Waals surface area contributed by atoms with Crippen molar-refractivity contribution >= 4 is 18.4 Å². The fraction of sp³-hybridized carbons (Fsp3) is 0.333. The lowest BCUT2D eigenvalue weighted by molar-refractivity contribution is 0.700. The van der Waals surface area contributed by atoms with Gasteiger partial charge in [0.25, 0.3) is 0 Å². The fourth-order valence-electron chi connectivity index (χ4n) is 1.52. The number of unbranched alkanes of at least 4 members (excludes halogenated alkanes) is 1. The average Bonchev–Trinajstić information content (AvgIpc) is 2.76. The molecule has 0 atom stereocenters. The number of aryl methyl sites for hydroxylation is 1. The second-order valence-electron chi connectivity index (χ2n) is 3.89. The first kappa shape index (κ1) is 12.6. The summed E-state index contributed by atoms with van der Waals surface area (Å²) in [5.41, 5.74) is 0.932. The number of rotatable bonds is 5. The number of nitrogens with zero attached hydrogens (tertiary/aromatic N) is 4. The van der Waals surface area contributed by atoms with E-state index in [1.165, 1.54) is 0 Å². The van der Waals surface area contributed by atoms with Gasteiger partial charge in [0.05, 0.1) is 6.21 Å². The van der Waals surface area contributed by atoms with Crippen LogP contribution in [0, 0.1) is 4.77 Å². The van der Waals surface area contributed by atoms with Crippen molar-refractivity contribution in [2.24, 2.45) is 5.10 Å². The Hall–Kier alpha value is -1.82. The number of aromatic nitrogens is 4. The van der Waals surface area contributed by atoms with Crippen molar-refractivity contribution in [3.63, 3.8) is 0 Å². The molecule has 0 aromatic carbocycles. The second-order valence-corrected chi connectivity index (χ2v) is 4.28. The SMILES string of the molecule is CCCCc1n[nH]c(=S)n1N=Cc1cccnc1. The van der Waals surface area contributed by atoms with Gasteiger partial charge in [0, 0.05) is 24.4 Å². The zero-order chi connectivity index (χ0) is 12.8. The van der Waals surface area contributed by atoms with Gasteiger partial charge < -0.3 is 0 Å². The molecule has 0 amide bonds. The van der Waals surface area contributed by atoms with E-state index in [0.717, 1.165) is 30.7 Å². The molecule has 2 aromatic rings. The third-order valence-corrected chi connectivity index (χ3v) is 2.74. The summed E-state index contributed by atoms with van der Waals surface area (Å²) in [6.45, 7) is 2.14. The summed E-state index contributed by atoms with van der Waals surface area (Å²) in [5, 5.41) is 11.3. The molecule has 0 radical (unpaired) electrons. The van der Waals surface area contributed by atoms with Crippen LogP contribution in [0.2, 0.25) is 0 Å². The Balaban J connectivity index is 2.20. The molecule has 94 valence electrons. The van der Waals surface area contributed by atoms with Gasteiger partial charge in [0.15, 0.2) is 5.82 Å². The lowest BCUT2D eigenvalue weighted by Crippen LogP contribution is -1.99. The second kappa shape index (κ2) is 6.20. The molecule has 5 nitrogen and oxygen atoms in total. The lowest BCUT2D eigenvalue weighted by atomic mass is 10.2. The molecule has 1 N–H and O–H groups in total.